The molecule has 0 aliphatic rings. The Balaban J connectivity index is 1.62. The summed E-state index contributed by atoms with van der Waals surface area (Å²) in [7, 11) is 1.61. The Kier molecular flexibility index (Phi) is 5.70. The minimum Gasteiger partial charge on any atom is -0.497 e. The highest BCUT2D eigenvalue weighted by molar-refractivity contribution is 5.91. The molecule has 0 spiro atoms. The van der Waals surface area contributed by atoms with Gasteiger partial charge in [-0.25, -0.2) is 4.98 Å². The van der Waals surface area contributed by atoms with Crippen molar-refractivity contribution in [3.05, 3.63) is 107 Å². The summed E-state index contributed by atoms with van der Waals surface area (Å²) in [6, 6.07) is 27.2. The molecular weight excluding hydrogens is 466 g/mol. The minimum atomic E-state index is -0.231. The van der Waals surface area contributed by atoms with Gasteiger partial charge in [0.15, 0.2) is 0 Å². The Morgan fingerprint density at radius 1 is 0.865 bits per heavy atom. The van der Waals surface area contributed by atoms with Crippen molar-refractivity contribution in [2.45, 2.75) is 6.54 Å². The molecule has 0 bridgehead atoms. The van der Waals surface area contributed by atoms with Crippen LogP contribution in [0.25, 0.3) is 39.2 Å². The average Bonchev–Trinajstić information content (AvgIpc) is 3.61. The molecule has 3 heterocycles. The highest BCUT2D eigenvalue weighted by Crippen LogP contribution is 2.35. The first kappa shape index (κ1) is 22.3. The summed E-state index contributed by atoms with van der Waals surface area (Å²) in [4.78, 5) is 21.7. The third-order valence-corrected chi connectivity index (χ3v) is 6.19. The fourth-order valence-electron chi connectivity index (χ4n) is 4.45. The van der Waals surface area contributed by atoms with Crippen molar-refractivity contribution in [2.75, 3.05) is 12.4 Å². The fourth-order valence-corrected chi connectivity index (χ4v) is 4.45. The Labute approximate surface area is 211 Å². The fraction of sp³-hybridized carbons (Fsp3) is 0.0714. The van der Waals surface area contributed by atoms with Gasteiger partial charge in [-0.2, -0.15) is 9.61 Å². The van der Waals surface area contributed by atoms with Crippen molar-refractivity contribution in [1.82, 2.24) is 29.8 Å². The van der Waals surface area contributed by atoms with Crippen molar-refractivity contribution in [3.63, 3.8) is 0 Å². The van der Waals surface area contributed by atoms with Gasteiger partial charge in [-0.1, -0.05) is 72.8 Å². The first-order valence-corrected chi connectivity index (χ1v) is 11.8. The maximum absolute atomic E-state index is 14.1. The molecule has 0 saturated heterocycles. The van der Waals surface area contributed by atoms with E-state index in [1.54, 1.807) is 7.11 Å². The van der Waals surface area contributed by atoms with Crippen LogP contribution in [-0.4, -0.2) is 36.9 Å². The number of ether oxygens (including phenoxy) is 1. The van der Waals surface area contributed by atoms with Crippen LogP contribution in [0.2, 0.25) is 0 Å². The van der Waals surface area contributed by atoms with E-state index in [0.29, 0.717) is 35.1 Å². The summed E-state index contributed by atoms with van der Waals surface area (Å²) in [6.45, 7) is 0.297. The standard InChI is InChI=1S/C28H23N7O2/c1-37-21-14-12-19(13-15-21)23-22(16-29-28-30-17-31-33-28)32-26-24(18-8-4-2-5-9-18)25(34-35(26)27(23)36)20-10-6-3-7-11-20/h2-15,17,32H,16H2,1H3,(H2,29,30,31,33). The highest BCUT2D eigenvalue weighted by Gasteiger charge is 2.22. The van der Waals surface area contributed by atoms with Crippen LogP contribution in [0.15, 0.2) is 96.1 Å². The molecule has 0 saturated carbocycles. The topological polar surface area (TPSA) is 113 Å². The first-order valence-electron chi connectivity index (χ1n) is 11.8. The van der Waals surface area contributed by atoms with Gasteiger partial charge in [-0.15, -0.1) is 5.10 Å². The van der Waals surface area contributed by atoms with Gasteiger partial charge in [0.25, 0.3) is 5.56 Å². The Hall–Kier alpha value is -5.18. The number of methoxy groups -OCH3 is 1. The minimum absolute atomic E-state index is 0.231. The largest absolute Gasteiger partial charge is 0.497 e. The number of fused-ring (bicyclic) bond motifs is 1. The number of nitrogens with one attached hydrogen (secondary N) is 3. The first-order chi connectivity index (χ1) is 18.2. The van der Waals surface area contributed by atoms with E-state index < -0.39 is 0 Å². The number of aromatic nitrogens is 6. The lowest BCUT2D eigenvalue weighted by Gasteiger charge is -2.12. The van der Waals surface area contributed by atoms with Crippen LogP contribution < -0.4 is 15.6 Å². The zero-order valence-corrected chi connectivity index (χ0v) is 20.0. The molecule has 0 radical (unpaired) electrons. The lowest BCUT2D eigenvalue weighted by Crippen LogP contribution is -2.21. The Morgan fingerprint density at radius 3 is 2.19 bits per heavy atom. The van der Waals surface area contributed by atoms with E-state index in [4.69, 9.17) is 9.84 Å². The maximum atomic E-state index is 14.1. The van der Waals surface area contributed by atoms with Crippen LogP contribution in [0.4, 0.5) is 5.95 Å². The summed E-state index contributed by atoms with van der Waals surface area (Å²) in [5.74, 6) is 1.14. The molecule has 3 N–H and O–H groups in total. The van der Waals surface area contributed by atoms with Gasteiger partial charge in [0.2, 0.25) is 5.95 Å². The molecule has 37 heavy (non-hydrogen) atoms. The van der Waals surface area contributed by atoms with Crippen molar-refractivity contribution < 1.29 is 4.74 Å². The van der Waals surface area contributed by atoms with Crippen LogP contribution in [0.3, 0.4) is 0 Å². The van der Waals surface area contributed by atoms with Gasteiger partial charge in [0.1, 0.15) is 23.4 Å². The summed E-state index contributed by atoms with van der Waals surface area (Å²) < 4.78 is 6.77. The summed E-state index contributed by atoms with van der Waals surface area (Å²) >= 11 is 0. The third kappa shape index (κ3) is 4.12. The van der Waals surface area contributed by atoms with Crippen LogP contribution in [-0.2, 0) is 6.54 Å². The molecule has 9 nitrogen and oxygen atoms in total. The molecule has 3 aromatic carbocycles. The number of hydrogen-bond acceptors (Lipinski definition) is 6. The molecule has 9 heteroatoms. The lowest BCUT2D eigenvalue weighted by molar-refractivity contribution is 0.415. The monoisotopic (exact) mass is 489 g/mol. The molecule has 0 fully saturated rings. The van der Waals surface area contributed by atoms with E-state index in [9.17, 15) is 4.79 Å². The van der Waals surface area contributed by atoms with Gasteiger partial charge < -0.3 is 15.0 Å². The zero-order chi connectivity index (χ0) is 25.2. The SMILES string of the molecule is COc1ccc(-c2c(CNc3nc[nH]n3)[nH]c3c(-c4ccccc4)c(-c4ccccc4)nn3c2=O)cc1. The van der Waals surface area contributed by atoms with Crippen molar-refractivity contribution >= 4 is 11.6 Å². The van der Waals surface area contributed by atoms with Crippen LogP contribution >= 0.6 is 0 Å². The smallest absolute Gasteiger partial charge is 0.282 e. The van der Waals surface area contributed by atoms with Crippen molar-refractivity contribution in [1.29, 1.82) is 0 Å². The predicted octanol–water partition coefficient (Wildman–Crippen LogP) is 4.76. The normalized spacial score (nSPS) is 11.1. The van der Waals surface area contributed by atoms with E-state index in [1.165, 1.54) is 10.8 Å². The Bertz CT molecular complexity index is 1710. The van der Waals surface area contributed by atoms with E-state index in [-0.39, 0.29) is 5.56 Å². The number of anilines is 1. The van der Waals surface area contributed by atoms with E-state index in [0.717, 1.165) is 27.9 Å². The van der Waals surface area contributed by atoms with E-state index in [1.807, 2.05) is 84.9 Å². The highest BCUT2D eigenvalue weighted by atomic mass is 16.5. The van der Waals surface area contributed by atoms with E-state index in [2.05, 4.69) is 25.5 Å². The zero-order valence-electron chi connectivity index (χ0n) is 20.0. The van der Waals surface area contributed by atoms with Crippen LogP contribution in [0, 0.1) is 0 Å². The number of aromatic amines is 2. The third-order valence-electron chi connectivity index (χ3n) is 6.19. The van der Waals surface area contributed by atoms with Crippen LogP contribution in [0.1, 0.15) is 5.69 Å². The van der Waals surface area contributed by atoms with Crippen molar-refractivity contribution in [3.8, 4) is 39.3 Å². The molecule has 182 valence electrons. The van der Waals surface area contributed by atoms with E-state index >= 15 is 0 Å². The molecule has 6 rings (SSSR count). The molecule has 0 atom stereocenters. The average molecular weight is 490 g/mol. The molecule has 0 unspecified atom stereocenters. The van der Waals surface area contributed by atoms with Gasteiger partial charge in [0, 0.05) is 11.3 Å². The van der Waals surface area contributed by atoms with Gasteiger partial charge >= 0.3 is 0 Å². The molecule has 3 aromatic heterocycles. The lowest BCUT2D eigenvalue weighted by atomic mass is 10.0. The molecular formula is C28H23N7O2. The number of H-pyrrole nitrogens is 2. The second-order valence-corrected chi connectivity index (χ2v) is 8.40. The van der Waals surface area contributed by atoms with Gasteiger partial charge in [-0.05, 0) is 23.3 Å². The summed E-state index contributed by atoms with van der Waals surface area (Å²) in [5, 5.41) is 14.8. The number of hydrogen-bond donors (Lipinski definition) is 3. The summed E-state index contributed by atoms with van der Waals surface area (Å²) in [6.07, 6.45) is 1.50. The maximum Gasteiger partial charge on any atom is 0.282 e. The molecule has 0 aliphatic heterocycles. The van der Waals surface area contributed by atoms with Gasteiger partial charge in [-0.3, -0.25) is 9.89 Å². The second-order valence-electron chi connectivity index (χ2n) is 8.40. The molecule has 0 amide bonds. The predicted molar refractivity (Wildman–Crippen MR) is 142 cm³/mol. The van der Waals surface area contributed by atoms with Crippen LogP contribution in [0.5, 0.6) is 5.75 Å². The molecule has 6 aromatic rings. The molecule has 0 aliphatic carbocycles. The summed E-state index contributed by atoms with van der Waals surface area (Å²) in [5.41, 5.74) is 5.76. The quantitative estimate of drug-likeness (QED) is 0.298. The van der Waals surface area contributed by atoms with Gasteiger partial charge in [0.05, 0.1) is 24.8 Å². The number of benzene rings is 3. The van der Waals surface area contributed by atoms with Crippen molar-refractivity contribution in [2.24, 2.45) is 0 Å². The second kappa shape index (κ2) is 9.46. The number of rotatable bonds is 7. The Morgan fingerprint density at radius 2 is 1.54 bits per heavy atom. The number of nitrogens with zero attached hydrogens (tertiary/aromatic N) is 4.